The Bertz CT molecular complexity index is 436. The number of carbonyl (C=O) groups is 1. The molecular formula is C14H22N2O2. The number of hydrogen-bond acceptors (Lipinski definition) is 3. The van der Waals surface area contributed by atoms with Crippen LogP contribution in [0.1, 0.15) is 43.7 Å². The first-order valence-electron chi connectivity index (χ1n) is 6.16. The Balaban J connectivity index is 2.77. The van der Waals surface area contributed by atoms with Crippen LogP contribution in [0.25, 0.3) is 0 Å². The van der Waals surface area contributed by atoms with Crippen molar-refractivity contribution in [2.45, 2.75) is 34.6 Å². The molecule has 100 valence electrons. The molecule has 0 saturated carbocycles. The van der Waals surface area contributed by atoms with Gasteiger partial charge in [0.2, 0.25) is 0 Å². The number of rotatable bonds is 4. The van der Waals surface area contributed by atoms with E-state index in [0.29, 0.717) is 17.4 Å². The second-order valence-corrected chi connectivity index (χ2v) is 5.84. The molecule has 0 bridgehead atoms. The van der Waals surface area contributed by atoms with Crippen LogP contribution in [0.5, 0.6) is 0 Å². The monoisotopic (exact) mass is 250 g/mol. The zero-order valence-corrected chi connectivity index (χ0v) is 11.7. The van der Waals surface area contributed by atoms with E-state index in [2.05, 4.69) is 38.0 Å². The number of nitrogens with one attached hydrogen (secondary N) is 1. The zero-order chi connectivity index (χ0) is 13.9. The van der Waals surface area contributed by atoms with Crippen LogP contribution in [0, 0.1) is 18.3 Å². The fourth-order valence-electron chi connectivity index (χ4n) is 1.45. The predicted octanol–water partition coefficient (Wildman–Crippen LogP) is 3.18. The van der Waals surface area contributed by atoms with E-state index >= 15 is 0 Å². The molecule has 0 aliphatic carbocycles. The van der Waals surface area contributed by atoms with Gasteiger partial charge in [-0.05, 0) is 30.4 Å². The lowest BCUT2D eigenvalue weighted by Gasteiger charge is -2.27. The summed E-state index contributed by atoms with van der Waals surface area (Å²) >= 11 is 0. The molecule has 1 atom stereocenters. The van der Waals surface area contributed by atoms with Crippen molar-refractivity contribution < 1.29 is 9.90 Å². The maximum absolute atomic E-state index is 10.9. The van der Waals surface area contributed by atoms with Crippen LogP contribution in [0.3, 0.4) is 0 Å². The Kier molecular flexibility index (Phi) is 4.33. The summed E-state index contributed by atoms with van der Waals surface area (Å²) < 4.78 is 0. The first-order chi connectivity index (χ1) is 8.20. The van der Waals surface area contributed by atoms with E-state index in [0.717, 1.165) is 6.54 Å². The lowest BCUT2D eigenvalue weighted by Crippen LogP contribution is -2.25. The van der Waals surface area contributed by atoms with Crippen LogP contribution < -0.4 is 5.32 Å². The van der Waals surface area contributed by atoms with Gasteiger partial charge in [0.05, 0.1) is 5.56 Å². The van der Waals surface area contributed by atoms with E-state index in [9.17, 15) is 4.79 Å². The van der Waals surface area contributed by atoms with Gasteiger partial charge in [-0.1, -0.05) is 27.7 Å². The van der Waals surface area contributed by atoms with E-state index < -0.39 is 5.97 Å². The molecule has 0 aliphatic heterocycles. The van der Waals surface area contributed by atoms with Gasteiger partial charge >= 0.3 is 5.97 Å². The van der Waals surface area contributed by atoms with Crippen LogP contribution in [0.2, 0.25) is 0 Å². The molecule has 1 heterocycles. The smallest absolute Gasteiger partial charge is 0.335 e. The molecule has 1 aromatic heterocycles. The number of aromatic carboxylic acids is 1. The van der Waals surface area contributed by atoms with Gasteiger partial charge in [0, 0.05) is 12.2 Å². The van der Waals surface area contributed by atoms with Gasteiger partial charge in [0.25, 0.3) is 0 Å². The Morgan fingerprint density at radius 2 is 2.06 bits per heavy atom. The van der Waals surface area contributed by atoms with Gasteiger partial charge in [-0.2, -0.15) is 0 Å². The van der Waals surface area contributed by atoms with Crippen LogP contribution in [0.4, 0.5) is 5.82 Å². The summed E-state index contributed by atoms with van der Waals surface area (Å²) in [7, 11) is 0. The summed E-state index contributed by atoms with van der Waals surface area (Å²) in [6, 6.07) is 3.14. The summed E-state index contributed by atoms with van der Waals surface area (Å²) in [4.78, 5) is 15.2. The van der Waals surface area contributed by atoms with Crippen molar-refractivity contribution in [2.24, 2.45) is 11.3 Å². The SMILES string of the molecule is Cc1cc(C(=O)O)cc(NCC(C)C(C)(C)C)n1. The second-order valence-electron chi connectivity index (χ2n) is 5.84. The Morgan fingerprint density at radius 3 is 2.56 bits per heavy atom. The number of aromatic nitrogens is 1. The number of nitrogens with zero attached hydrogens (tertiary/aromatic N) is 1. The molecule has 4 nitrogen and oxygen atoms in total. The van der Waals surface area contributed by atoms with Gasteiger partial charge in [0.15, 0.2) is 0 Å². The van der Waals surface area contributed by atoms with Crippen LogP contribution >= 0.6 is 0 Å². The molecule has 0 saturated heterocycles. The van der Waals surface area contributed by atoms with Crippen molar-refractivity contribution in [3.05, 3.63) is 23.4 Å². The van der Waals surface area contributed by atoms with Crippen molar-refractivity contribution in [2.75, 3.05) is 11.9 Å². The third-order valence-electron chi connectivity index (χ3n) is 3.27. The molecule has 0 amide bonds. The Morgan fingerprint density at radius 1 is 1.44 bits per heavy atom. The number of carboxylic acid groups (broad SMARTS) is 1. The maximum atomic E-state index is 10.9. The standard InChI is InChI=1S/C14H22N2O2/c1-9(14(3,4)5)8-15-12-7-11(13(17)18)6-10(2)16-12/h6-7,9H,8H2,1-5H3,(H,15,16)(H,17,18). The highest BCUT2D eigenvalue weighted by Gasteiger charge is 2.19. The van der Waals surface area contributed by atoms with Crippen LogP contribution in [-0.2, 0) is 0 Å². The first kappa shape index (κ1) is 14.5. The van der Waals surface area contributed by atoms with Gasteiger partial charge in [-0.15, -0.1) is 0 Å². The predicted molar refractivity (Wildman–Crippen MR) is 73.0 cm³/mol. The van der Waals surface area contributed by atoms with E-state index in [1.54, 1.807) is 19.1 Å². The molecule has 1 unspecified atom stereocenters. The summed E-state index contributed by atoms with van der Waals surface area (Å²) in [5.41, 5.74) is 1.20. The van der Waals surface area contributed by atoms with E-state index in [-0.39, 0.29) is 11.0 Å². The lowest BCUT2D eigenvalue weighted by atomic mass is 9.82. The summed E-state index contributed by atoms with van der Waals surface area (Å²) in [6.07, 6.45) is 0. The minimum atomic E-state index is -0.924. The minimum absolute atomic E-state index is 0.215. The average molecular weight is 250 g/mol. The number of anilines is 1. The largest absolute Gasteiger partial charge is 0.478 e. The second kappa shape index (κ2) is 5.38. The Labute approximate surface area is 108 Å². The van der Waals surface area contributed by atoms with Gasteiger partial charge in [-0.3, -0.25) is 0 Å². The summed E-state index contributed by atoms with van der Waals surface area (Å²) in [5, 5.41) is 12.2. The topological polar surface area (TPSA) is 62.2 Å². The number of hydrogen-bond donors (Lipinski definition) is 2. The number of carboxylic acids is 1. The molecule has 1 rings (SSSR count). The molecule has 1 aromatic rings. The van der Waals surface area contributed by atoms with Gasteiger partial charge in [0.1, 0.15) is 5.82 Å². The van der Waals surface area contributed by atoms with Crippen LogP contribution in [0.15, 0.2) is 12.1 Å². The molecule has 0 aromatic carbocycles. The van der Waals surface area contributed by atoms with E-state index in [4.69, 9.17) is 5.11 Å². The van der Waals surface area contributed by atoms with Crippen molar-refractivity contribution >= 4 is 11.8 Å². The van der Waals surface area contributed by atoms with Crippen molar-refractivity contribution in [1.82, 2.24) is 4.98 Å². The highest BCUT2D eigenvalue weighted by molar-refractivity contribution is 5.88. The Hall–Kier alpha value is -1.58. The highest BCUT2D eigenvalue weighted by Crippen LogP contribution is 2.25. The third-order valence-corrected chi connectivity index (χ3v) is 3.27. The fourth-order valence-corrected chi connectivity index (χ4v) is 1.45. The molecule has 18 heavy (non-hydrogen) atoms. The lowest BCUT2D eigenvalue weighted by molar-refractivity contribution is 0.0696. The van der Waals surface area contributed by atoms with Crippen molar-refractivity contribution in [3.63, 3.8) is 0 Å². The number of aryl methyl sites for hydroxylation is 1. The van der Waals surface area contributed by atoms with E-state index in [1.165, 1.54) is 0 Å². The van der Waals surface area contributed by atoms with Crippen LogP contribution in [-0.4, -0.2) is 22.6 Å². The molecular weight excluding hydrogens is 228 g/mol. The van der Waals surface area contributed by atoms with Gasteiger partial charge in [-0.25, -0.2) is 9.78 Å². The first-order valence-corrected chi connectivity index (χ1v) is 6.16. The molecule has 0 radical (unpaired) electrons. The fraction of sp³-hybridized carbons (Fsp3) is 0.571. The molecule has 0 aliphatic rings. The van der Waals surface area contributed by atoms with Crippen molar-refractivity contribution in [1.29, 1.82) is 0 Å². The molecule has 4 heteroatoms. The minimum Gasteiger partial charge on any atom is -0.478 e. The zero-order valence-electron chi connectivity index (χ0n) is 11.7. The third kappa shape index (κ3) is 4.02. The van der Waals surface area contributed by atoms with E-state index in [1.807, 2.05) is 0 Å². The highest BCUT2D eigenvalue weighted by atomic mass is 16.4. The normalized spacial score (nSPS) is 13.2. The molecule has 0 fully saturated rings. The maximum Gasteiger partial charge on any atom is 0.335 e. The molecule has 2 N–H and O–H groups in total. The van der Waals surface area contributed by atoms with Gasteiger partial charge < -0.3 is 10.4 Å². The van der Waals surface area contributed by atoms with Crippen molar-refractivity contribution in [3.8, 4) is 0 Å². The average Bonchev–Trinajstić information content (AvgIpc) is 2.23. The summed E-state index contributed by atoms with van der Waals surface area (Å²) in [5.74, 6) is 0.170. The number of pyridine rings is 1. The quantitative estimate of drug-likeness (QED) is 0.861. The molecule has 0 spiro atoms. The summed E-state index contributed by atoms with van der Waals surface area (Å²) in [6.45, 7) is 11.3.